The molecule has 0 spiro atoms. The lowest BCUT2D eigenvalue weighted by Gasteiger charge is -2.32. The summed E-state index contributed by atoms with van der Waals surface area (Å²) in [6.45, 7) is 13.2. The number of benzene rings is 4. The normalized spacial score (nSPS) is 20.0. The zero-order valence-corrected chi connectivity index (χ0v) is 19.7. The van der Waals surface area contributed by atoms with Crippen LogP contribution in [0.3, 0.4) is 0 Å². The molecule has 1 heterocycles. The van der Waals surface area contributed by atoms with E-state index in [4.69, 9.17) is 9.31 Å². The number of rotatable bonds is 1. The number of fused-ring (bicyclic) bond motifs is 7. The van der Waals surface area contributed by atoms with Crippen LogP contribution in [0, 0.1) is 0 Å². The van der Waals surface area contributed by atoms with E-state index in [-0.39, 0.29) is 16.6 Å². The van der Waals surface area contributed by atoms with E-state index < -0.39 is 7.12 Å². The zero-order valence-electron chi connectivity index (χ0n) is 19.7. The SMILES string of the molecule is CC1(C)c2c(B3OC(C)(C)C(C)(C)O3)cc3ccccc3c2-c2ccc3ccccc3c21. The van der Waals surface area contributed by atoms with Crippen molar-refractivity contribution in [3.8, 4) is 11.1 Å². The average molecular weight is 420 g/mol. The van der Waals surface area contributed by atoms with Crippen LogP contribution in [0.1, 0.15) is 52.7 Å². The second-order valence-electron chi connectivity index (χ2n) is 10.9. The molecule has 4 aromatic carbocycles. The minimum Gasteiger partial charge on any atom is -0.399 e. The van der Waals surface area contributed by atoms with E-state index in [1.165, 1.54) is 43.8 Å². The molecule has 0 saturated carbocycles. The van der Waals surface area contributed by atoms with Crippen molar-refractivity contribution in [3.05, 3.63) is 77.9 Å². The predicted octanol–water partition coefficient (Wildman–Crippen LogP) is 6.60. The average Bonchev–Trinajstić information content (AvgIpc) is 3.13. The Morgan fingerprint density at radius 2 is 1.22 bits per heavy atom. The van der Waals surface area contributed by atoms with Gasteiger partial charge in [0.1, 0.15) is 0 Å². The van der Waals surface area contributed by atoms with Gasteiger partial charge in [0.25, 0.3) is 0 Å². The molecule has 3 heteroatoms. The third kappa shape index (κ3) is 2.50. The van der Waals surface area contributed by atoms with Crippen LogP contribution in [0.4, 0.5) is 0 Å². The molecule has 0 aromatic heterocycles. The molecule has 0 radical (unpaired) electrons. The van der Waals surface area contributed by atoms with E-state index >= 15 is 0 Å². The van der Waals surface area contributed by atoms with E-state index in [9.17, 15) is 0 Å². The molecule has 160 valence electrons. The Labute approximate surface area is 190 Å². The number of hydrogen-bond donors (Lipinski definition) is 0. The van der Waals surface area contributed by atoms with Gasteiger partial charge in [0, 0.05) is 5.41 Å². The zero-order chi connectivity index (χ0) is 22.5. The van der Waals surface area contributed by atoms with E-state index in [0.717, 1.165) is 5.46 Å². The van der Waals surface area contributed by atoms with Crippen molar-refractivity contribution in [3.63, 3.8) is 0 Å². The molecule has 1 aliphatic carbocycles. The van der Waals surface area contributed by atoms with Crippen LogP contribution < -0.4 is 5.46 Å². The van der Waals surface area contributed by atoms with Crippen molar-refractivity contribution in [2.75, 3.05) is 0 Å². The van der Waals surface area contributed by atoms with Crippen molar-refractivity contribution >= 4 is 34.1 Å². The second-order valence-corrected chi connectivity index (χ2v) is 10.9. The Bertz CT molecular complexity index is 1400. The fraction of sp³-hybridized carbons (Fsp3) is 0.310. The van der Waals surface area contributed by atoms with Crippen molar-refractivity contribution in [2.24, 2.45) is 0 Å². The van der Waals surface area contributed by atoms with Gasteiger partial charge in [0.2, 0.25) is 0 Å². The number of hydrogen-bond acceptors (Lipinski definition) is 2. The maximum Gasteiger partial charge on any atom is 0.495 e. The highest BCUT2D eigenvalue weighted by molar-refractivity contribution is 6.63. The Morgan fingerprint density at radius 1 is 0.625 bits per heavy atom. The lowest BCUT2D eigenvalue weighted by atomic mass is 9.67. The quantitative estimate of drug-likeness (QED) is 0.323. The molecule has 32 heavy (non-hydrogen) atoms. The smallest absolute Gasteiger partial charge is 0.399 e. The maximum atomic E-state index is 6.58. The van der Waals surface area contributed by atoms with E-state index in [0.29, 0.717) is 0 Å². The molecule has 0 amide bonds. The largest absolute Gasteiger partial charge is 0.495 e. The molecule has 2 nitrogen and oxygen atoms in total. The van der Waals surface area contributed by atoms with Gasteiger partial charge in [0.05, 0.1) is 11.2 Å². The summed E-state index contributed by atoms with van der Waals surface area (Å²) in [5, 5.41) is 5.14. The lowest BCUT2D eigenvalue weighted by Crippen LogP contribution is -2.41. The first-order valence-corrected chi connectivity index (χ1v) is 11.6. The molecule has 1 aliphatic heterocycles. The highest BCUT2D eigenvalue weighted by Gasteiger charge is 2.54. The third-order valence-corrected chi connectivity index (χ3v) is 8.04. The summed E-state index contributed by atoms with van der Waals surface area (Å²) in [4.78, 5) is 0. The highest BCUT2D eigenvalue weighted by Crippen LogP contribution is 2.53. The molecule has 0 N–H and O–H groups in total. The summed E-state index contributed by atoms with van der Waals surface area (Å²) in [6, 6.07) is 24.3. The minimum atomic E-state index is -0.391. The van der Waals surface area contributed by atoms with Crippen molar-refractivity contribution in [1.82, 2.24) is 0 Å². The molecule has 0 atom stereocenters. The molecule has 0 unspecified atom stereocenters. The highest BCUT2D eigenvalue weighted by atomic mass is 16.7. The van der Waals surface area contributed by atoms with E-state index in [2.05, 4.69) is 108 Å². The van der Waals surface area contributed by atoms with Gasteiger partial charge in [-0.2, -0.15) is 0 Å². The van der Waals surface area contributed by atoms with Crippen molar-refractivity contribution in [1.29, 1.82) is 0 Å². The Hall–Kier alpha value is -2.62. The first kappa shape index (κ1) is 20.0. The summed E-state index contributed by atoms with van der Waals surface area (Å²) in [5.41, 5.74) is 5.63. The van der Waals surface area contributed by atoms with Crippen LogP contribution in [-0.4, -0.2) is 18.3 Å². The fourth-order valence-corrected chi connectivity index (χ4v) is 5.76. The maximum absolute atomic E-state index is 6.58. The molecule has 1 fully saturated rings. The van der Waals surface area contributed by atoms with E-state index in [1.54, 1.807) is 0 Å². The molecule has 4 aromatic rings. The molecular formula is C29H29BO2. The van der Waals surface area contributed by atoms with Crippen LogP contribution in [0.2, 0.25) is 0 Å². The molecule has 0 bridgehead atoms. The Morgan fingerprint density at radius 3 is 1.91 bits per heavy atom. The van der Waals surface area contributed by atoms with Gasteiger partial charge < -0.3 is 9.31 Å². The summed E-state index contributed by atoms with van der Waals surface area (Å²) in [7, 11) is -0.391. The molecule has 2 aliphatic rings. The van der Waals surface area contributed by atoms with Gasteiger partial charge in [-0.25, -0.2) is 0 Å². The summed E-state index contributed by atoms with van der Waals surface area (Å²) >= 11 is 0. The van der Waals surface area contributed by atoms with Crippen LogP contribution in [-0.2, 0) is 14.7 Å². The summed E-state index contributed by atoms with van der Waals surface area (Å²) in [5.74, 6) is 0. The predicted molar refractivity (Wildman–Crippen MR) is 135 cm³/mol. The Balaban J connectivity index is 1.71. The van der Waals surface area contributed by atoms with Crippen molar-refractivity contribution < 1.29 is 9.31 Å². The summed E-state index contributed by atoms with van der Waals surface area (Å²) < 4.78 is 13.2. The lowest BCUT2D eigenvalue weighted by molar-refractivity contribution is 0.00578. The van der Waals surface area contributed by atoms with Gasteiger partial charge in [-0.1, -0.05) is 80.6 Å². The monoisotopic (exact) mass is 420 g/mol. The molecular weight excluding hydrogens is 391 g/mol. The first-order valence-electron chi connectivity index (χ1n) is 11.6. The molecule has 6 rings (SSSR count). The summed E-state index contributed by atoms with van der Waals surface area (Å²) in [6.07, 6.45) is 0. The second kappa shape index (κ2) is 6.24. The van der Waals surface area contributed by atoms with Crippen LogP contribution in [0.5, 0.6) is 0 Å². The van der Waals surface area contributed by atoms with Gasteiger partial charge in [-0.3, -0.25) is 0 Å². The van der Waals surface area contributed by atoms with Crippen LogP contribution in [0.25, 0.3) is 32.7 Å². The first-order chi connectivity index (χ1) is 15.1. The van der Waals surface area contributed by atoms with Gasteiger partial charge in [0.15, 0.2) is 0 Å². The van der Waals surface area contributed by atoms with Crippen LogP contribution in [0.15, 0.2) is 66.7 Å². The van der Waals surface area contributed by atoms with Crippen LogP contribution >= 0.6 is 0 Å². The third-order valence-electron chi connectivity index (χ3n) is 8.04. The van der Waals surface area contributed by atoms with Gasteiger partial charge >= 0.3 is 7.12 Å². The van der Waals surface area contributed by atoms with Crippen molar-refractivity contribution in [2.45, 2.75) is 58.2 Å². The molecule has 1 saturated heterocycles. The fourth-order valence-electron chi connectivity index (χ4n) is 5.76. The standard InChI is InChI=1S/C29H29BO2/c1-27(2)25-21-14-10-7-11-18(21)15-16-22(25)24-20-13-9-8-12-19(20)17-23(26(24)27)30-31-28(3,4)29(5,6)32-30/h7-17H,1-6H3. The topological polar surface area (TPSA) is 18.5 Å². The Kier molecular flexibility index (Phi) is 3.91. The van der Waals surface area contributed by atoms with Gasteiger partial charge in [-0.05, 0) is 77.0 Å². The van der Waals surface area contributed by atoms with E-state index in [1.807, 2.05) is 0 Å². The van der Waals surface area contributed by atoms with Gasteiger partial charge in [-0.15, -0.1) is 0 Å². The minimum absolute atomic E-state index is 0.172.